The van der Waals surface area contributed by atoms with Crippen molar-refractivity contribution in [2.45, 2.75) is 37.2 Å². The molecular weight excluding hydrogens is 532 g/mol. The van der Waals surface area contributed by atoms with Crippen molar-refractivity contribution in [3.05, 3.63) is 101 Å². The predicted molar refractivity (Wildman–Crippen MR) is 150 cm³/mol. The van der Waals surface area contributed by atoms with E-state index in [4.69, 9.17) is 9.47 Å². The molecule has 1 aliphatic carbocycles. The number of carboxylic acid groups (broad SMARTS) is 2. The Morgan fingerprint density at radius 2 is 1.65 bits per heavy atom. The third-order valence-corrected chi connectivity index (χ3v) is 8.28. The Hall–Kier alpha value is -4.37. The lowest BCUT2D eigenvalue weighted by molar-refractivity contribution is -0.142. The van der Waals surface area contributed by atoms with Crippen molar-refractivity contribution in [2.24, 2.45) is 0 Å². The lowest BCUT2D eigenvalue weighted by atomic mass is 9.70. The van der Waals surface area contributed by atoms with Gasteiger partial charge in [-0.3, -0.25) is 4.79 Å². The largest absolute Gasteiger partial charge is 0.496 e. The summed E-state index contributed by atoms with van der Waals surface area (Å²) in [4.78, 5) is 24.8. The van der Waals surface area contributed by atoms with E-state index in [1.165, 1.54) is 19.3 Å². The van der Waals surface area contributed by atoms with Gasteiger partial charge in [0.15, 0.2) is 9.84 Å². The zero-order chi connectivity index (χ0) is 29.2. The highest BCUT2D eigenvalue weighted by Gasteiger charge is 2.44. The van der Waals surface area contributed by atoms with E-state index in [0.29, 0.717) is 28.2 Å². The highest BCUT2D eigenvalue weighted by Crippen LogP contribution is 2.42. The molecule has 2 N–H and O–H groups in total. The van der Waals surface area contributed by atoms with Crippen LogP contribution in [0, 0.1) is 6.92 Å². The minimum atomic E-state index is -3.35. The van der Waals surface area contributed by atoms with Gasteiger partial charge in [-0.15, -0.1) is 0 Å². The number of hydrogen-bond acceptors (Lipinski definition) is 6. The number of allylic oxidation sites excluding steroid dienone is 2. The third-order valence-electron chi connectivity index (χ3n) is 7.17. The first-order valence-corrected chi connectivity index (χ1v) is 14.3. The maximum atomic E-state index is 12.7. The van der Waals surface area contributed by atoms with Gasteiger partial charge in [-0.25, -0.2) is 13.2 Å². The first-order chi connectivity index (χ1) is 18.9. The van der Waals surface area contributed by atoms with Crippen LogP contribution in [0.25, 0.3) is 11.1 Å². The van der Waals surface area contributed by atoms with Crippen LogP contribution in [0.3, 0.4) is 0 Å². The molecule has 0 saturated heterocycles. The van der Waals surface area contributed by atoms with Gasteiger partial charge in [0.25, 0.3) is 0 Å². The van der Waals surface area contributed by atoms with Gasteiger partial charge in [-0.2, -0.15) is 0 Å². The highest BCUT2D eigenvalue weighted by atomic mass is 32.2. The Morgan fingerprint density at radius 1 is 0.950 bits per heavy atom. The molecule has 0 bridgehead atoms. The quantitative estimate of drug-likeness (QED) is 0.358. The van der Waals surface area contributed by atoms with Crippen molar-refractivity contribution in [1.82, 2.24) is 0 Å². The van der Waals surface area contributed by atoms with Crippen LogP contribution in [0.5, 0.6) is 11.5 Å². The summed E-state index contributed by atoms with van der Waals surface area (Å²) in [6, 6.07) is 17.2. The van der Waals surface area contributed by atoms with Gasteiger partial charge in [0.05, 0.1) is 12.0 Å². The molecule has 0 heterocycles. The van der Waals surface area contributed by atoms with Gasteiger partial charge in [0, 0.05) is 23.8 Å². The van der Waals surface area contributed by atoms with Gasteiger partial charge in [-0.1, -0.05) is 42.5 Å². The Balaban J connectivity index is 1.69. The van der Waals surface area contributed by atoms with Gasteiger partial charge in [-0.05, 0) is 72.0 Å². The minimum absolute atomic E-state index is 0.0307. The van der Waals surface area contributed by atoms with Crippen molar-refractivity contribution < 1.29 is 37.7 Å². The second-order valence-corrected chi connectivity index (χ2v) is 11.8. The number of hydrogen-bond donors (Lipinski definition) is 2. The van der Waals surface area contributed by atoms with Crippen molar-refractivity contribution in [3.8, 4) is 22.6 Å². The number of rotatable bonds is 9. The van der Waals surface area contributed by atoms with Gasteiger partial charge in [0.2, 0.25) is 0 Å². The Labute approximate surface area is 233 Å². The fourth-order valence-corrected chi connectivity index (χ4v) is 5.57. The molecule has 0 amide bonds. The monoisotopic (exact) mass is 562 g/mol. The average molecular weight is 563 g/mol. The van der Waals surface area contributed by atoms with Crippen LogP contribution in [0.4, 0.5) is 0 Å². The molecule has 3 aromatic carbocycles. The van der Waals surface area contributed by atoms with E-state index in [-0.39, 0.29) is 23.5 Å². The van der Waals surface area contributed by atoms with Crippen LogP contribution in [-0.2, 0) is 31.4 Å². The zero-order valence-electron chi connectivity index (χ0n) is 22.6. The lowest BCUT2D eigenvalue weighted by Crippen LogP contribution is -2.38. The fourth-order valence-electron chi connectivity index (χ4n) is 4.91. The molecule has 1 atom stereocenters. The van der Waals surface area contributed by atoms with Crippen molar-refractivity contribution >= 4 is 21.8 Å². The second-order valence-electron chi connectivity index (χ2n) is 9.81. The molecule has 0 spiro atoms. The third kappa shape index (κ3) is 5.51. The summed E-state index contributed by atoms with van der Waals surface area (Å²) in [7, 11) is -1.88. The van der Waals surface area contributed by atoms with Crippen LogP contribution in [0.1, 0.15) is 30.0 Å². The van der Waals surface area contributed by atoms with Gasteiger partial charge >= 0.3 is 11.9 Å². The smallest absolute Gasteiger partial charge is 0.331 e. The van der Waals surface area contributed by atoms with Crippen LogP contribution >= 0.6 is 0 Å². The maximum absolute atomic E-state index is 12.7. The van der Waals surface area contributed by atoms with Crippen LogP contribution in [0.2, 0.25) is 0 Å². The molecule has 0 fully saturated rings. The van der Waals surface area contributed by atoms with E-state index in [1.807, 2.05) is 25.1 Å². The number of sulfone groups is 1. The molecular formula is C31H30O8S. The fraction of sp³-hybridized carbons (Fsp3) is 0.226. The molecule has 40 heavy (non-hydrogen) atoms. The minimum Gasteiger partial charge on any atom is -0.496 e. The number of benzene rings is 3. The van der Waals surface area contributed by atoms with Crippen LogP contribution in [0.15, 0.2) is 88.9 Å². The summed E-state index contributed by atoms with van der Waals surface area (Å²) in [6.45, 7) is 3.47. The van der Waals surface area contributed by atoms with Crippen molar-refractivity contribution in [3.63, 3.8) is 0 Å². The molecule has 1 aliphatic rings. The molecule has 9 heteroatoms. The number of carbonyl (C=O) groups is 2. The Bertz CT molecular complexity index is 1670. The van der Waals surface area contributed by atoms with E-state index in [2.05, 4.69) is 0 Å². The van der Waals surface area contributed by atoms with E-state index in [0.717, 1.165) is 22.9 Å². The number of ether oxygens (including phenoxy) is 2. The summed E-state index contributed by atoms with van der Waals surface area (Å²) in [6.07, 6.45) is 4.01. The predicted octanol–water partition coefficient (Wildman–Crippen LogP) is 5.34. The van der Waals surface area contributed by atoms with Crippen molar-refractivity contribution in [2.75, 3.05) is 13.4 Å². The Morgan fingerprint density at radius 3 is 2.27 bits per heavy atom. The van der Waals surface area contributed by atoms with Crippen LogP contribution < -0.4 is 9.47 Å². The van der Waals surface area contributed by atoms with Gasteiger partial charge < -0.3 is 19.7 Å². The molecule has 4 rings (SSSR count). The molecule has 208 valence electrons. The summed E-state index contributed by atoms with van der Waals surface area (Å²) in [5.41, 5.74) is 2.14. The molecule has 8 nitrogen and oxygen atoms in total. The van der Waals surface area contributed by atoms with E-state index in [1.54, 1.807) is 49.4 Å². The molecule has 1 unspecified atom stereocenters. The summed E-state index contributed by atoms with van der Waals surface area (Å²) < 4.78 is 35.7. The normalized spacial score (nSPS) is 17.0. The standard InChI is InChI=1S/C31H30O8S/c1-19-13-14-31(30(34)35,17-24(19)29(32)33)26-9-6-10-28(38-3)25(26)18-39-27-12-11-22(15-20(27)2)21-7-5-8-23(16-21)40(4,36)37/h5-16H,17-18H2,1-4H3,(H,32,33)(H,34,35). The summed E-state index contributed by atoms with van der Waals surface area (Å²) in [5.74, 6) is -1.38. The number of aliphatic carboxylic acids is 2. The SMILES string of the molecule is COc1cccc(C2(C(=O)O)C=CC(C)=C(C(=O)O)C2)c1COc1ccc(-c2cccc(S(C)(=O)=O)c2)cc1C. The summed E-state index contributed by atoms with van der Waals surface area (Å²) >= 11 is 0. The zero-order valence-corrected chi connectivity index (χ0v) is 23.4. The van der Waals surface area contributed by atoms with Gasteiger partial charge in [0.1, 0.15) is 23.5 Å². The average Bonchev–Trinajstić information content (AvgIpc) is 2.92. The Kier molecular flexibility index (Phi) is 7.88. The maximum Gasteiger partial charge on any atom is 0.331 e. The molecule has 0 saturated carbocycles. The molecule has 0 radical (unpaired) electrons. The highest BCUT2D eigenvalue weighted by molar-refractivity contribution is 7.90. The number of carboxylic acids is 2. The van der Waals surface area contributed by atoms with E-state index in [9.17, 15) is 28.2 Å². The van der Waals surface area contributed by atoms with Crippen molar-refractivity contribution in [1.29, 1.82) is 0 Å². The molecule has 0 aromatic heterocycles. The second kappa shape index (κ2) is 11.0. The van der Waals surface area contributed by atoms with E-state index < -0.39 is 27.2 Å². The molecule has 0 aliphatic heterocycles. The topological polar surface area (TPSA) is 127 Å². The lowest BCUT2D eigenvalue weighted by Gasteiger charge is -2.32. The van der Waals surface area contributed by atoms with E-state index >= 15 is 0 Å². The number of aryl methyl sites for hydroxylation is 1. The summed E-state index contributed by atoms with van der Waals surface area (Å²) in [5, 5.41) is 20.1. The first kappa shape index (κ1) is 28.6. The first-order valence-electron chi connectivity index (χ1n) is 12.4. The van der Waals surface area contributed by atoms with Crippen LogP contribution in [-0.4, -0.2) is 43.9 Å². The molecule has 3 aromatic rings. The number of methoxy groups -OCH3 is 1.